The normalized spacial score (nSPS) is 17.5. The molecule has 0 saturated carbocycles. The number of rotatable bonds is 3. The second kappa shape index (κ2) is 6.04. The van der Waals surface area contributed by atoms with E-state index in [1.165, 1.54) is 0 Å². The molecule has 0 unspecified atom stereocenters. The first-order chi connectivity index (χ1) is 11.0. The molecule has 6 heteroatoms. The molecule has 1 aliphatic heterocycles. The predicted octanol–water partition coefficient (Wildman–Crippen LogP) is 2.90. The van der Waals surface area contributed by atoms with Gasteiger partial charge in [-0.25, -0.2) is 13.4 Å². The highest BCUT2D eigenvalue weighted by atomic mass is 32.2. The van der Waals surface area contributed by atoms with Crippen LogP contribution in [-0.4, -0.2) is 27.3 Å². The van der Waals surface area contributed by atoms with Gasteiger partial charge >= 0.3 is 5.23 Å². The van der Waals surface area contributed by atoms with Crippen molar-refractivity contribution < 1.29 is 17.9 Å². The number of hydrogen-bond acceptors (Lipinski definition) is 5. The summed E-state index contributed by atoms with van der Waals surface area (Å²) in [4.78, 5) is 4.27. The van der Waals surface area contributed by atoms with E-state index in [1.54, 1.807) is 31.4 Å². The Morgan fingerprint density at radius 3 is 2.35 bits per heavy atom. The first kappa shape index (κ1) is 15.6. The third-order valence-corrected chi connectivity index (χ3v) is 5.26. The average Bonchev–Trinajstić information content (AvgIpc) is 3.06. The van der Waals surface area contributed by atoms with Gasteiger partial charge in [-0.3, -0.25) is 0 Å². The van der Waals surface area contributed by atoms with Crippen LogP contribution in [0.15, 0.2) is 58.4 Å². The SMILES string of the molecule is COc1ccc([C@@H]2CN=C(S(=O)(=O)c3ccc(C)cc3)O2)cc1. The summed E-state index contributed by atoms with van der Waals surface area (Å²) in [6.45, 7) is 2.19. The summed E-state index contributed by atoms with van der Waals surface area (Å²) in [5, 5.41) is -0.220. The Balaban J connectivity index is 1.79. The van der Waals surface area contributed by atoms with Gasteiger partial charge in [0.15, 0.2) is 0 Å². The van der Waals surface area contributed by atoms with Crippen LogP contribution in [0, 0.1) is 6.92 Å². The zero-order chi connectivity index (χ0) is 16.4. The summed E-state index contributed by atoms with van der Waals surface area (Å²) < 4.78 is 35.8. The topological polar surface area (TPSA) is 65.0 Å². The fraction of sp³-hybridized carbons (Fsp3) is 0.235. The second-order valence-corrected chi connectivity index (χ2v) is 7.13. The molecule has 0 bridgehead atoms. The standard InChI is InChI=1S/C17H17NO4S/c1-12-3-9-15(10-4-12)23(19,20)17-18-11-16(22-17)13-5-7-14(21-2)8-6-13/h3-10,16H,11H2,1-2H3/t16-/m0/s1. The van der Waals surface area contributed by atoms with E-state index in [9.17, 15) is 8.42 Å². The number of methoxy groups -OCH3 is 1. The van der Waals surface area contributed by atoms with Crippen molar-refractivity contribution in [1.82, 2.24) is 0 Å². The molecule has 0 spiro atoms. The van der Waals surface area contributed by atoms with E-state index in [2.05, 4.69) is 4.99 Å². The number of aryl methyl sites for hydroxylation is 1. The third kappa shape index (κ3) is 3.07. The van der Waals surface area contributed by atoms with Crippen LogP contribution in [0.1, 0.15) is 17.2 Å². The summed E-state index contributed by atoms with van der Waals surface area (Å²) >= 11 is 0. The first-order valence-electron chi connectivity index (χ1n) is 7.17. The van der Waals surface area contributed by atoms with Crippen LogP contribution >= 0.6 is 0 Å². The molecular formula is C17H17NO4S. The minimum atomic E-state index is -3.71. The molecule has 0 amide bonds. The number of ether oxygens (including phenoxy) is 2. The van der Waals surface area contributed by atoms with E-state index in [-0.39, 0.29) is 16.7 Å². The lowest BCUT2D eigenvalue weighted by Gasteiger charge is -2.12. The minimum Gasteiger partial charge on any atom is -0.497 e. The number of sulfone groups is 1. The zero-order valence-electron chi connectivity index (χ0n) is 12.9. The van der Waals surface area contributed by atoms with Crippen LogP contribution < -0.4 is 4.74 Å². The molecule has 1 aliphatic rings. The lowest BCUT2D eigenvalue weighted by atomic mass is 10.1. The molecule has 0 radical (unpaired) electrons. The van der Waals surface area contributed by atoms with Crippen LogP contribution in [-0.2, 0) is 14.6 Å². The van der Waals surface area contributed by atoms with Crippen molar-refractivity contribution in [3.8, 4) is 5.75 Å². The number of nitrogens with zero attached hydrogens (tertiary/aromatic N) is 1. The van der Waals surface area contributed by atoms with Gasteiger partial charge in [0.05, 0.1) is 18.6 Å². The summed E-state index contributed by atoms with van der Waals surface area (Å²) in [5.74, 6) is 0.736. The van der Waals surface area contributed by atoms with Crippen molar-refractivity contribution in [1.29, 1.82) is 0 Å². The van der Waals surface area contributed by atoms with Gasteiger partial charge in [-0.1, -0.05) is 29.8 Å². The number of benzene rings is 2. The quantitative estimate of drug-likeness (QED) is 0.867. The monoisotopic (exact) mass is 331 g/mol. The van der Waals surface area contributed by atoms with Crippen molar-refractivity contribution in [3.63, 3.8) is 0 Å². The smallest absolute Gasteiger partial charge is 0.310 e. The molecule has 0 aromatic heterocycles. The average molecular weight is 331 g/mol. The van der Waals surface area contributed by atoms with Gasteiger partial charge in [0, 0.05) is 0 Å². The van der Waals surface area contributed by atoms with E-state index in [4.69, 9.17) is 9.47 Å². The van der Waals surface area contributed by atoms with E-state index in [1.807, 2.05) is 31.2 Å². The lowest BCUT2D eigenvalue weighted by Crippen LogP contribution is -2.16. The van der Waals surface area contributed by atoms with Gasteiger partial charge in [0.1, 0.15) is 11.9 Å². The van der Waals surface area contributed by atoms with Crippen LogP contribution in [0.2, 0.25) is 0 Å². The third-order valence-electron chi connectivity index (χ3n) is 3.68. The van der Waals surface area contributed by atoms with E-state index in [0.717, 1.165) is 16.9 Å². The largest absolute Gasteiger partial charge is 0.497 e. The maximum Gasteiger partial charge on any atom is 0.310 e. The van der Waals surface area contributed by atoms with Gasteiger partial charge in [0.25, 0.3) is 9.84 Å². The van der Waals surface area contributed by atoms with Crippen molar-refractivity contribution >= 4 is 15.1 Å². The molecule has 1 atom stereocenters. The van der Waals surface area contributed by atoms with Gasteiger partial charge in [-0.05, 0) is 36.8 Å². The Labute approximate surface area is 135 Å². The Bertz CT molecular complexity index is 824. The van der Waals surface area contributed by atoms with Gasteiger partial charge in [-0.15, -0.1) is 0 Å². The Morgan fingerprint density at radius 1 is 1.09 bits per heavy atom. The van der Waals surface area contributed by atoms with Crippen LogP contribution in [0.4, 0.5) is 0 Å². The van der Waals surface area contributed by atoms with Crippen LogP contribution in [0.3, 0.4) is 0 Å². The van der Waals surface area contributed by atoms with E-state index < -0.39 is 15.9 Å². The summed E-state index contributed by atoms with van der Waals surface area (Å²) in [6, 6.07) is 14.0. The fourth-order valence-corrected chi connectivity index (χ4v) is 3.50. The van der Waals surface area contributed by atoms with E-state index in [0.29, 0.717) is 0 Å². The van der Waals surface area contributed by atoms with Gasteiger partial charge in [0.2, 0.25) is 0 Å². The summed E-state index contributed by atoms with van der Waals surface area (Å²) in [7, 11) is -2.11. The van der Waals surface area contributed by atoms with Crippen molar-refractivity contribution in [2.24, 2.45) is 4.99 Å². The molecule has 0 saturated heterocycles. The number of hydrogen-bond donors (Lipinski definition) is 0. The number of aliphatic imine (C=N–C) groups is 1. The lowest BCUT2D eigenvalue weighted by molar-refractivity contribution is 0.234. The molecule has 2 aromatic carbocycles. The molecule has 0 fully saturated rings. The van der Waals surface area contributed by atoms with Crippen molar-refractivity contribution in [3.05, 3.63) is 59.7 Å². The summed E-state index contributed by atoms with van der Waals surface area (Å²) in [5.41, 5.74) is 1.86. The molecule has 0 N–H and O–H groups in total. The highest BCUT2D eigenvalue weighted by Crippen LogP contribution is 2.28. The predicted molar refractivity (Wildman–Crippen MR) is 87.5 cm³/mol. The van der Waals surface area contributed by atoms with Crippen LogP contribution in [0.25, 0.3) is 0 Å². The molecule has 5 nitrogen and oxygen atoms in total. The first-order valence-corrected chi connectivity index (χ1v) is 8.66. The van der Waals surface area contributed by atoms with Gasteiger partial charge in [-0.2, -0.15) is 0 Å². The molecule has 1 heterocycles. The highest BCUT2D eigenvalue weighted by molar-refractivity contribution is 8.06. The molecule has 120 valence electrons. The van der Waals surface area contributed by atoms with Crippen molar-refractivity contribution in [2.45, 2.75) is 17.9 Å². The maximum atomic E-state index is 12.5. The highest BCUT2D eigenvalue weighted by Gasteiger charge is 2.32. The minimum absolute atomic E-state index is 0.192. The fourth-order valence-electron chi connectivity index (χ4n) is 2.31. The zero-order valence-corrected chi connectivity index (χ0v) is 13.7. The molecular weight excluding hydrogens is 314 g/mol. The maximum absolute atomic E-state index is 12.5. The second-order valence-electron chi connectivity index (χ2n) is 5.30. The van der Waals surface area contributed by atoms with E-state index >= 15 is 0 Å². The van der Waals surface area contributed by atoms with Gasteiger partial charge < -0.3 is 9.47 Å². The van der Waals surface area contributed by atoms with Crippen LogP contribution in [0.5, 0.6) is 5.75 Å². The molecule has 23 heavy (non-hydrogen) atoms. The summed E-state index contributed by atoms with van der Waals surface area (Å²) in [6.07, 6.45) is -0.392. The molecule has 3 rings (SSSR count). The molecule has 0 aliphatic carbocycles. The molecule has 2 aromatic rings. The Hall–Kier alpha value is -2.34. The van der Waals surface area contributed by atoms with Crippen molar-refractivity contribution in [2.75, 3.05) is 13.7 Å². The Kier molecular flexibility index (Phi) is 4.09. The Morgan fingerprint density at radius 2 is 1.74 bits per heavy atom.